The second-order valence-corrected chi connectivity index (χ2v) is 5.71. The third-order valence-corrected chi connectivity index (χ3v) is 3.95. The number of alkyl halides is 3. The lowest BCUT2D eigenvalue weighted by Gasteiger charge is -2.11. The highest BCUT2D eigenvalue weighted by atomic mass is 19.4. The fourth-order valence-corrected chi connectivity index (χ4v) is 2.69. The lowest BCUT2D eigenvalue weighted by Crippen LogP contribution is -2.04. The quantitative estimate of drug-likeness (QED) is 0.728. The molecule has 3 aromatic rings. The van der Waals surface area contributed by atoms with Crippen LogP contribution in [0.4, 0.5) is 13.2 Å². The van der Waals surface area contributed by atoms with Crippen molar-refractivity contribution in [2.24, 2.45) is 0 Å². The van der Waals surface area contributed by atoms with Crippen LogP contribution in [0.1, 0.15) is 21.5 Å². The molecule has 0 atom stereocenters. The van der Waals surface area contributed by atoms with Gasteiger partial charge in [-0.1, -0.05) is 18.2 Å². The molecular weight excluding hydrogens is 347 g/mol. The Hall–Kier alpha value is -2.93. The van der Waals surface area contributed by atoms with E-state index in [4.69, 9.17) is 9.84 Å². The van der Waals surface area contributed by atoms with Crippen LogP contribution in [0.25, 0.3) is 22.2 Å². The molecule has 0 bridgehead atoms. The molecule has 1 heterocycles. The maximum Gasteiger partial charge on any atom is 0.416 e. The van der Waals surface area contributed by atoms with Gasteiger partial charge in [-0.05, 0) is 35.9 Å². The molecule has 26 heavy (non-hydrogen) atoms. The summed E-state index contributed by atoms with van der Waals surface area (Å²) in [6, 6.07) is 11.0. The third kappa shape index (κ3) is 3.52. The summed E-state index contributed by atoms with van der Waals surface area (Å²) in [4.78, 5) is 15.6. The Labute approximate surface area is 146 Å². The minimum absolute atomic E-state index is 0.0814. The summed E-state index contributed by atoms with van der Waals surface area (Å²) >= 11 is 0. The highest BCUT2D eigenvalue weighted by Gasteiger charge is 2.30. The second kappa shape index (κ2) is 6.76. The lowest BCUT2D eigenvalue weighted by atomic mass is 10.0. The van der Waals surface area contributed by atoms with Crippen molar-refractivity contribution < 1.29 is 27.8 Å². The Balaban J connectivity index is 2.14. The van der Waals surface area contributed by atoms with Crippen molar-refractivity contribution in [2.45, 2.75) is 12.8 Å². The number of aromatic nitrogens is 1. The summed E-state index contributed by atoms with van der Waals surface area (Å²) in [5, 5.41) is 9.88. The molecule has 7 heteroatoms. The molecule has 0 aliphatic heterocycles. The van der Waals surface area contributed by atoms with Gasteiger partial charge in [0.25, 0.3) is 0 Å². The van der Waals surface area contributed by atoms with E-state index < -0.39 is 17.7 Å². The number of ether oxygens (including phenoxy) is 1. The van der Waals surface area contributed by atoms with E-state index in [1.165, 1.54) is 31.4 Å². The molecule has 0 amide bonds. The van der Waals surface area contributed by atoms with Crippen LogP contribution in [0.2, 0.25) is 0 Å². The van der Waals surface area contributed by atoms with E-state index in [0.29, 0.717) is 16.8 Å². The fraction of sp³-hybridized carbons (Fsp3) is 0.158. The average molecular weight is 361 g/mol. The number of pyridine rings is 1. The van der Waals surface area contributed by atoms with Crippen LogP contribution in [0.5, 0.6) is 0 Å². The molecule has 1 N–H and O–H groups in total. The number of hydrogen-bond donors (Lipinski definition) is 1. The summed E-state index contributed by atoms with van der Waals surface area (Å²) < 4.78 is 43.4. The molecule has 2 aromatic carbocycles. The molecule has 0 spiro atoms. The molecule has 0 aliphatic rings. The Kier molecular flexibility index (Phi) is 4.65. The molecule has 1 aromatic heterocycles. The van der Waals surface area contributed by atoms with Crippen molar-refractivity contribution in [3.8, 4) is 11.3 Å². The highest BCUT2D eigenvalue weighted by Crippen LogP contribution is 2.32. The van der Waals surface area contributed by atoms with E-state index in [0.717, 1.165) is 23.1 Å². The van der Waals surface area contributed by atoms with E-state index in [1.54, 1.807) is 12.1 Å². The van der Waals surface area contributed by atoms with Crippen LogP contribution in [-0.4, -0.2) is 23.2 Å². The predicted octanol–water partition coefficient (Wildman–Crippen LogP) is 4.77. The Morgan fingerprint density at radius 2 is 1.81 bits per heavy atom. The molecule has 0 unspecified atom stereocenters. The van der Waals surface area contributed by atoms with Gasteiger partial charge in [0.2, 0.25) is 0 Å². The first-order chi connectivity index (χ1) is 12.3. The lowest BCUT2D eigenvalue weighted by molar-refractivity contribution is -0.137. The molecule has 134 valence electrons. The third-order valence-electron chi connectivity index (χ3n) is 3.95. The number of benzene rings is 2. The van der Waals surface area contributed by atoms with Gasteiger partial charge in [0, 0.05) is 18.1 Å². The number of carboxylic acids is 1. The number of carboxylic acid groups (broad SMARTS) is 1. The monoisotopic (exact) mass is 361 g/mol. The van der Waals surface area contributed by atoms with Gasteiger partial charge in [-0.2, -0.15) is 13.2 Å². The number of aromatic carboxylic acids is 1. The Morgan fingerprint density at radius 1 is 1.12 bits per heavy atom. The fourth-order valence-electron chi connectivity index (χ4n) is 2.69. The van der Waals surface area contributed by atoms with Gasteiger partial charge in [0.15, 0.2) is 0 Å². The van der Waals surface area contributed by atoms with Crippen LogP contribution >= 0.6 is 0 Å². The van der Waals surface area contributed by atoms with E-state index in [-0.39, 0.29) is 12.2 Å². The van der Waals surface area contributed by atoms with Crippen molar-refractivity contribution in [3.05, 3.63) is 65.2 Å². The van der Waals surface area contributed by atoms with Crippen molar-refractivity contribution >= 4 is 16.9 Å². The SMILES string of the molecule is COCc1cc(-c2ccc(C(F)(F)F)cc2)nc2cc(C(=O)O)ccc12. The van der Waals surface area contributed by atoms with Crippen LogP contribution < -0.4 is 0 Å². The molecule has 0 saturated heterocycles. The first kappa shape index (κ1) is 17.9. The Bertz CT molecular complexity index is 966. The maximum atomic E-state index is 12.7. The number of fused-ring (bicyclic) bond motifs is 1. The van der Waals surface area contributed by atoms with E-state index in [9.17, 15) is 18.0 Å². The summed E-state index contributed by atoms with van der Waals surface area (Å²) in [5.41, 5.74) is 1.49. The van der Waals surface area contributed by atoms with E-state index in [2.05, 4.69) is 4.98 Å². The number of nitrogens with zero attached hydrogens (tertiary/aromatic N) is 1. The van der Waals surface area contributed by atoms with Gasteiger partial charge in [-0.3, -0.25) is 0 Å². The number of methoxy groups -OCH3 is 1. The van der Waals surface area contributed by atoms with Crippen molar-refractivity contribution in [1.29, 1.82) is 0 Å². The summed E-state index contributed by atoms with van der Waals surface area (Å²) in [6.45, 7) is 0.263. The zero-order valence-electron chi connectivity index (χ0n) is 13.7. The van der Waals surface area contributed by atoms with Crippen LogP contribution in [-0.2, 0) is 17.5 Å². The van der Waals surface area contributed by atoms with E-state index in [1.807, 2.05) is 0 Å². The summed E-state index contributed by atoms with van der Waals surface area (Å²) in [5.74, 6) is -1.08. The largest absolute Gasteiger partial charge is 0.478 e. The topological polar surface area (TPSA) is 59.4 Å². The van der Waals surface area contributed by atoms with Gasteiger partial charge in [0.1, 0.15) is 0 Å². The average Bonchev–Trinajstić information content (AvgIpc) is 2.60. The summed E-state index contributed by atoms with van der Waals surface area (Å²) in [6.07, 6.45) is -4.41. The number of carbonyl (C=O) groups is 1. The predicted molar refractivity (Wildman–Crippen MR) is 89.9 cm³/mol. The molecule has 0 radical (unpaired) electrons. The number of halogens is 3. The first-order valence-corrected chi connectivity index (χ1v) is 7.63. The van der Waals surface area contributed by atoms with E-state index >= 15 is 0 Å². The van der Waals surface area contributed by atoms with Gasteiger partial charge >= 0.3 is 12.1 Å². The van der Waals surface area contributed by atoms with Crippen molar-refractivity contribution in [1.82, 2.24) is 4.98 Å². The standard InChI is InChI=1S/C19H14F3NO3/c1-26-10-13-9-16(11-2-5-14(6-3-11)19(20,21)22)23-17-8-12(18(24)25)4-7-15(13)17/h2-9H,10H2,1H3,(H,24,25). The van der Waals surface area contributed by atoms with Crippen LogP contribution in [0.3, 0.4) is 0 Å². The van der Waals surface area contributed by atoms with Gasteiger partial charge in [-0.25, -0.2) is 9.78 Å². The Morgan fingerprint density at radius 3 is 2.38 bits per heavy atom. The smallest absolute Gasteiger partial charge is 0.416 e. The number of hydrogen-bond acceptors (Lipinski definition) is 3. The normalized spacial score (nSPS) is 11.7. The minimum Gasteiger partial charge on any atom is -0.478 e. The number of rotatable bonds is 4. The highest BCUT2D eigenvalue weighted by molar-refractivity contribution is 5.94. The van der Waals surface area contributed by atoms with Crippen molar-refractivity contribution in [3.63, 3.8) is 0 Å². The van der Waals surface area contributed by atoms with Crippen LogP contribution in [0, 0.1) is 0 Å². The molecule has 0 saturated carbocycles. The van der Waals surface area contributed by atoms with Crippen molar-refractivity contribution in [2.75, 3.05) is 7.11 Å². The zero-order chi connectivity index (χ0) is 18.9. The van der Waals surface area contributed by atoms with Crippen LogP contribution in [0.15, 0.2) is 48.5 Å². The van der Waals surface area contributed by atoms with Gasteiger partial charge < -0.3 is 9.84 Å². The first-order valence-electron chi connectivity index (χ1n) is 7.63. The van der Waals surface area contributed by atoms with Gasteiger partial charge in [0.05, 0.1) is 28.9 Å². The minimum atomic E-state index is -4.41. The molecule has 0 fully saturated rings. The molecule has 0 aliphatic carbocycles. The second-order valence-electron chi connectivity index (χ2n) is 5.71. The molecule has 3 rings (SSSR count). The maximum absolute atomic E-state index is 12.7. The zero-order valence-corrected chi connectivity index (χ0v) is 13.7. The summed E-state index contributed by atoms with van der Waals surface area (Å²) in [7, 11) is 1.52. The van der Waals surface area contributed by atoms with Gasteiger partial charge in [-0.15, -0.1) is 0 Å². The molecule has 4 nitrogen and oxygen atoms in total. The molecular formula is C19H14F3NO3.